The second-order valence-corrected chi connectivity index (χ2v) is 5.85. The van der Waals surface area contributed by atoms with E-state index in [0.29, 0.717) is 24.6 Å². The van der Waals surface area contributed by atoms with Crippen LogP contribution >= 0.6 is 0 Å². The first-order chi connectivity index (χ1) is 11.7. The molecule has 1 N–H and O–H groups in total. The lowest BCUT2D eigenvalue weighted by molar-refractivity contribution is 0.0623. The van der Waals surface area contributed by atoms with Crippen LogP contribution in [0.5, 0.6) is 0 Å². The van der Waals surface area contributed by atoms with Gasteiger partial charge in [-0.15, -0.1) is 0 Å². The highest BCUT2D eigenvalue weighted by Gasteiger charge is 2.23. The van der Waals surface area contributed by atoms with Gasteiger partial charge in [0.1, 0.15) is 5.82 Å². The lowest BCUT2D eigenvalue weighted by atomic mass is 10.2. The van der Waals surface area contributed by atoms with E-state index >= 15 is 0 Å². The number of piperazine rings is 1. The van der Waals surface area contributed by atoms with Crippen LogP contribution < -0.4 is 5.32 Å². The second-order valence-electron chi connectivity index (χ2n) is 5.85. The molecule has 0 aromatic carbocycles. The molecule has 8 nitrogen and oxygen atoms in total. The van der Waals surface area contributed by atoms with Crippen LogP contribution in [0, 0.1) is 0 Å². The summed E-state index contributed by atoms with van der Waals surface area (Å²) in [7, 11) is 2.00. The van der Waals surface area contributed by atoms with E-state index in [1.807, 2.05) is 35.8 Å². The van der Waals surface area contributed by atoms with Crippen LogP contribution in [0.4, 0.5) is 5.95 Å². The van der Waals surface area contributed by atoms with E-state index in [0.717, 1.165) is 32.0 Å². The van der Waals surface area contributed by atoms with Gasteiger partial charge in [-0.1, -0.05) is 0 Å². The quantitative estimate of drug-likeness (QED) is 0.865. The zero-order chi connectivity index (χ0) is 16.9. The van der Waals surface area contributed by atoms with Crippen molar-refractivity contribution in [3.05, 3.63) is 36.2 Å². The van der Waals surface area contributed by atoms with Crippen molar-refractivity contribution in [2.24, 2.45) is 7.05 Å². The molecule has 1 fully saturated rings. The summed E-state index contributed by atoms with van der Waals surface area (Å²) in [6, 6.07) is 0. The van der Waals surface area contributed by atoms with Gasteiger partial charge >= 0.3 is 0 Å². The minimum Gasteiger partial charge on any atom is -0.355 e. The number of imidazole rings is 1. The van der Waals surface area contributed by atoms with Crippen LogP contribution in [0.1, 0.15) is 23.1 Å². The van der Waals surface area contributed by atoms with Crippen LogP contribution in [-0.2, 0) is 13.6 Å². The van der Waals surface area contributed by atoms with Gasteiger partial charge in [0.2, 0.25) is 5.95 Å². The fraction of sp³-hybridized carbons (Fsp3) is 0.500. The lowest BCUT2D eigenvalue weighted by Gasteiger charge is -2.34. The molecule has 0 aliphatic carbocycles. The van der Waals surface area contributed by atoms with Gasteiger partial charge in [0, 0.05) is 64.6 Å². The zero-order valence-corrected chi connectivity index (χ0v) is 14.1. The first-order valence-electron chi connectivity index (χ1n) is 8.21. The molecule has 0 radical (unpaired) electrons. The smallest absolute Gasteiger partial charge is 0.257 e. The standard InChI is InChI=1S/C16H23N7O/c1-3-17-16-19-10-13(11-20-16)15(24)23-8-6-22(7-9-23)12-14-18-4-5-21(14)2/h4-5,10-11H,3,6-9,12H2,1-2H3,(H,17,19,20). The third kappa shape index (κ3) is 3.70. The third-order valence-corrected chi connectivity index (χ3v) is 4.18. The predicted molar refractivity (Wildman–Crippen MR) is 90.6 cm³/mol. The molecule has 128 valence electrons. The molecule has 8 heteroatoms. The van der Waals surface area contributed by atoms with Crippen LogP contribution in [0.3, 0.4) is 0 Å². The van der Waals surface area contributed by atoms with Gasteiger partial charge in [-0.3, -0.25) is 9.69 Å². The Bertz CT molecular complexity index is 674. The van der Waals surface area contributed by atoms with E-state index < -0.39 is 0 Å². The maximum atomic E-state index is 12.5. The SMILES string of the molecule is CCNc1ncc(C(=O)N2CCN(Cc3nccn3C)CC2)cn1. The number of amides is 1. The summed E-state index contributed by atoms with van der Waals surface area (Å²) in [4.78, 5) is 29.4. The topological polar surface area (TPSA) is 79.2 Å². The number of carbonyl (C=O) groups excluding carboxylic acids is 1. The first-order valence-corrected chi connectivity index (χ1v) is 8.21. The van der Waals surface area contributed by atoms with E-state index in [9.17, 15) is 4.79 Å². The van der Waals surface area contributed by atoms with E-state index in [2.05, 4.69) is 25.2 Å². The Morgan fingerprint density at radius 2 is 1.88 bits per heavy atom. The molecular formula is C16H23N7O. The molecule has 1 aliphatic rings. The number of carbonyl (C=O) groups is 1. The highest BCUT2D eigenvalue weighted by atomic mass is 16.2. The molecule has 0 saturated carbocycles. The fourth-order valence-corrected chi connectivity index (χ4v) is 2.73. The molecule has 2 aromatic heterocycles. The fourth-order valence-electron chi connectivity index (χ4n) is 2.73. The van der Waals surface area contributed by atoms with Gasteiger partial charge in [0.15, 0.2) is 0 Å². The Hall–Kier alpha value is -2.48. The molecule has 1 amide bonds. The number of anilines is 1. The van der Waals surface area contributed by atoms with Crippen LogP contribution in [0.25, 0.3) is 0 Å². The maximum absolute atomic E-state index is 12.5. The number of rotatable bonds is 5. The molecule has 1 saturated heterocycles. The molecule has 0 unspecified atom stereocenters. The molecule has 3 heterocycles. The summed E-state index contributed by atoms with van der Waals surface area (Å²) < 4.78 is 2.03. The van der Waals surface area contributed by atoms with Crippen molar-refractivity contribution in [3.63, 3.8) is 0 Å². The van der Waals surface area contributed by atoms with Crippen molar-refractivity contribution in [1.82, 2.24) is 29.3 Å². The molecular weight excluding hydrogens is 306 g/mol. The average molecular weight is 329 g/mol. The van der Waals surface area contributed by atoms with E-state index in [4.69, 9.17) is 0 Å². The Morgan fingerprint density at radius 1 is 1.17 bits per heavy atom. The summed E-state index contributed by atoms with van der Waals surface area (Å²) in [6.45, 7) is 6.64. The van der Waals surface area contributed by atoms with E-state index in [1.165, 1.54) is 0 Å². The predicted octanol–water partition coefficient (Wildman–Crippen LogP) is 0.600. The lowest BCUT2D eigenvalue weighted by Crippen LogP contribution is -2.48. The van der Waals surface area contributed by atoms with Crippen molar-refractivity contribution in [2.75, 3.05) is 38.0 Å². The number of nitrogens with zero attached hydrogens (tertiary/aromatic N) is 6. The highest BCUT2D eigenvalue weighted by Crippen LogP contribution is 2.10. The Kier molecular flexibility index (Phi) is 5.05. The van der Waals surface area contributed by atoms with Crippen molar-refractivity contribution < 1.29 is 4.79 Å². The van der Waals surface area contributed by atoms with Gasteiger partial charge in [-0.25, -0.2) is 15.0 Å². The summed E-state index contributed by atoms with van der Waals surface area (Å²) in [5.74, 6) is 1.59. The number of hydrogen-bond donors (Lipinski definition) is 1. The van der Waals surface area contributed by atoms with Gasteiger partial charge in [-0.05, 0) is 6.92 Å². The number of aromatic nitrogens is 4. The van der Waals surface area contributed by atoms with Crippen molar-refractivity contribution >= 4 is 11.9 Å². The number of nitrogens with one attached hydrogen (secondary N) is 1. The molecule has 2 aromatic rings. The van der Waals surface area contributed by atoms with E-state index in [1.54, 1.807) is 12.4 Å². The van der Waals surface area contributed by atoms with E-state index in [-0.39, 0.29) is 5.91 Å². The zero-order valence-electron chi connectivity index (χ0n) is 14.1. The molecule has 0 bridgehead atoms. The Balaban J connectivity index is 1.54. The first kappa shape index (κ1) is 16.4. The summed E-state index contributed by atoms with van der Waals surface area (Å²) in [6.07, 6.45) is 6.94. The Labute approximate surface area is 141 Å². The van der Waals surface area contributed by atoms with Crippen LogP contribution in [0.2, 0.25) is 0 Å². The van der Waals surface area contributed by atoms with Gasteiger partial charge in [-0.2, -0.15) is 0 Å². The van der Waals surface area contributed by atoms with Crippen LogP contribution in [-0.4, -0.2) is 67.9 Å². The highest BCUT2D eigenvalue weighted by molar-refractivity contribution is 5.93. The molecule has 24 heavy (non-hydrogen) atoms. The monoisotopic (exact) mass is 329 g/mol. The molecule has 0 atom stereocenters. The van der Waals surface area contributed by atoms with Gasteiger partial charge in [0.25, 0.3) is 5.91 Å². The minimum absolute atomic E-state index is 0.00492. The van der Waals surface area contributed by atoms with Gasteiger partial charge in [0.05, 0.1) is 12.1 Å². The third-order valence-electron chi connectivity index (χ3n) is 4.18. The molecule has 0 spiro atoms. The molecule has 3 rings (SSSR count). The minimum atomic E-state index is -0.00492. The van der Waals surface area contributed by atoms with Gasteiger partial charge < -0.3 is 14.8 Å². The maximum Gasteiger partial charge on any atom is 0.257 e. The second kappa shape index (κ2) is 7.39. The van der Waals surface area contributed by atoms with Crippen molar-refractivity contribution in [2.45, 2.75) is 13.5 Å². The normalized spacial score (nSPS) is 15.5. The summed E-state index contributed by atoms with van der Waals surface area (Å²) in [5.41, 5.74) is 0.536. The van der Waals surface area contributed by atoms with Crippen LogP contribution in [0.15, 0.2) is 24.8 Å². The molecule has 1 aliphatic heterocycles. The van der Waals surface area contributed by atoms with Crippen molar-refractivity contribution in [1.29, 1.82) is 0 Å². The average Bonchev–Trinajstić information content (AvgIpc) is 3.01. The summed E-state index contributed by atoms with van der Waals surface area (Å²) >= 11 is 0. The van der Waals surface area contributed by atoms with Crippen molar-refractivity contribution in [3.8, 4) is 0 Å². The number of aryl methyl sites for hydroxylation is 1. The number of hydrogen-bond acceptors (Lipinski definition) is 6. The largest absolute Gasteiger partial charge is 0.355 e. The summed E-state index contributed by atoms with van der Waals surface area (Å²) in [5, 5.41) is 3.02. The Morgan fingerprint density at radius 3 is 2.46 bits per heavy atom.